The summed E-state index contributed by atoms with van der Waals surface area (Å²) in [6.45, 7) is 2.29. The molecule has 4 aromatic rings. The second-order valence-corrected chi connectivity index (χ2v) is 7.53. The number of fused-ring (bicyclic) bond motifs is 1. The summed E-state index contributed by atoms with van der Waals surface area (Å²) < 4.78 is 10.9. The van der Waals surface area contributed by atoms with E-state index in [1.165, 1.54) is 5.56 Å². The summed E-state index contributed by atoms with van der Waals surface area (Å²) in [5.41, 5.74) is 4.59. The van der Waals surface area contributed by atoms with Crippen molar-refractivity contribution in [3.8, 4) is 23.1 Å². The van der Waals surface area contributed by atoms with Crippen molar-refractivity contribution in [3.63, 3.8) is 0 Å². The molecular weight excluding hydrogens is 414 g/mol. The lowest BCUT2D eigenvalue weighted by Gasteiger charge is -2.27. The molecule has 7 heteroatoms. The Hall–Kier alpha value is -4.15. The molecule has 0 fully saturated rings. The fourth-order valence-electron chi connectivity index (χ4n) is 3.34. The fraction of sp³-hybridized carbons (Fsp3) is 0.192. The Balaban J connectivity index is 0.000000376. The van der Waals surface area contributed by atoms with Crippen LogP contribution in [0, 0.1) is 11.3 Å². The van der Waals surface area contributed by atoms with E-state index in [-0.39, 0.29) is 6.10 Å². The minimum atomic E-state index is 0.0207. The molecule has 2 aromatic carbocycles. The summed E-state index contributed by atoms with van der Waals surface area (Å²) in [6, 6.07) is 23.8. The van der Waals surface area contributed by atoms with Gasteiger partial charge in [-0.05, 0) is 36.7 Å². The second kappa shape index (κ2) is 11.5. The average molecular weight is 440 g/mol. The van der Waals surface area contributed by atoms with Crippen molar-refractivity contribution < 1.29 is 9.26 Å². The molecule has 1 unspecified atom stereocenters. The van der Waals surface area contributed by atoms with E-state index in [2.05, 4.69) is 26.8 Å². The number of nitriles is 1. The third-order valence-electron chi connectivity index (χ3n) is 5.13. The van der Waals surface area contributed by atoms with E-state index in [1.54, 1.807) is 18.7 Å². The molecule has 0 aliphatic carbocycles. The van der Waals surface area contributed by atoms with E-state index in [0.29, 0.717) is 18.0 Å². The van der Waals surface area contributed by atoms with Crippen molar-refractivity contribution in [2.45, 2.75) is 12.5 Å². The van der Waals surface area contributed by atoms with Crippen LogP contribution in [0.3, 0.4) is 0 Å². The number of nitrogens with one attached hydrogen (secondary N) is 2. The number of pyridine rings is 1. The van der Waals surface area contributed by atoms with Crippen LogP contribution in [0.15, 0.2) is 89.9 Å². The quantitative estimate of drug-likeness (QED) is 0.432. The largest absolute Gasteiger partial charge is 0.470 e. The Labute approximate surface area is 193 Å². The zero-order valence-corrected chi connectivity index (χ0v) is 18.1. The lowest BCUT2D eigenvalue weighted by molar-refractivity contribution is 0.194. The molecular formula is C26H25N5O2. The molecule has 7 nitrogen and oxygen atoms in total. The molecule has 0 saturated carbocycles. The molecule has 33 heavy (non-hydrogen) atoms. The second-order valence-electron chi connectivity index (χ2n) is 7.53. The number of anilines is 1. The smallest absolute Gasteiger partial charge is 0.237 e. The van der Waals surface area contributed by atoms with E-state index in [9.17, 15) is 0 Å². The molecule has 2 N–H and O–H groups in total. The van der Waals surface area contributed by atoms with Crippen molar-refractivity contribution in [3.05, 3.63) is 96.5 Å². The number of hydrogen-bond acceptors (Lipinski definition) is 7. The summed E-state index contributed by atoms with van der Waals surface area (Å²) in [5, 5.41) is 19.3. The molecule has 0 saturated heterocycles. The highest BCUT2D eigenvalue weighted by molar-refractivity contribution is 5.68. The highest BCUT2D eigenvalue weighted by atomic mass is 16.5. The molecule has 3 heterocycles. The molecule has 1 aliphatic rings. The number of benzene rings is 2. The molecule has 0 spiro atoms. The third-order valence-corrected chi connectivity index (χ3v) is 5.13. The highest BCUT2D eigenvalue weighted by Gasteiger charge is 2.20. The van der Waals surface area contributed by atoms with Crippen molar-refractivity contribution in [2.75, 3.05) is 25.0 Å². The van der Waals surface area contributed by atoms with Gasteiger partial charge in [0.15, 0.2) is 0 Å². The van der Waals surface area contributed by atoms with Crippen LogP contribution < -0.4 is 15.4 Å². The van der Waals surface area contributed by atoms with Gasteiger partial charge in [0, 0.05) is 23.9 Å². The lowest BCUT2D eigenvalue weighted by atomic mass is 10.1. The van der Waals surface area contributed by atoms with Crippen LogP contribution in [0.25, 0.3) is 11.1 Å². The SMILES string of the molecule is N#Cc1ccc(CCNCC2CNc3cc(-c4cnoc4)cnc3O2)cc1.c1ccccc1. The zero-order chi connectivity index (χ0) is 22.7. The van der Waals surface area contributed by atoms with Crippen molar-refractivity contribution in [1.29, 1.82) is 5.26 Å². The first-order chi connectivity index (χ1) is 16.3. The van der Waals surface area contributed by atoms with Gasteiger partial charge in [0.1, 0.15) is 12.4 Å². The van der Waals surface area contributed by atoms with Crippen LogP contribution >= 0.6 is 0 Å². The molecule has 0 bridgehead atoms. The normalized spacial score (nSPS) is 14.0. The molecule has 2 aromatic heterocycles. The van der Waals surface area contributed by atoms with E-state index in [4.69, 9.17) is 14.5 Å². The first-order valence-electron chi connectivity index (χ1n) is 10.8. The van der Waals surface area contributed by atoms with Crippen LogP contribution in [-0.2, 0) is 6.42 Å². The number of ether oxygens (including phenoxy) is 1. The van der Waals surface area contributed by atoms with Gasteiger partial charge in [-0.2, -0.15) is 5.26 Å². The van der Waals surface area contributed by atoms with Gasteiger partial charge in [-0.3, -0.25) is 0 Å². The fourth-order valence-corrected chi connectivity index (χ4v) is 3.34. The summed E-state index contributed by atoms with van der Waals surface area (Å²) in [7, 11) is 0. The van der Waals surface area contributed by atoms with Gasteiger partial charge >= 0.3 is 0 Å². The molecule has 1 atom stereocenters. The monoisotopic (exact) mass is 439 g/mol. The Morgan fingerprint density at radius 3 is 2.45 bits per heavy atom. The van der Waals surface area contributed by atoms with Gasteiger partial charge < -0.3 is 19.9 Å². The summed E-state index contributed by atoms with van der Waals surface area (Å²) in [4.78, 5) is 4.41. The van der Waals surface area contributed by atoms with Gasteiger partial charge in [-0.25, -0.2) is 4.98 Å². The van der Waals surface area contributed by atoms with Gasteiger partial charge in [-0.1, -0.05) is 53.7 Å². The van der Waals surface area contributed by atoms with Crippen LogP contribution in [0.4, 0.5) is 5.69 Å². The predicted molar refractivity (Wildman–Crippen MR) is 127 cm³/mol. The van der Waals surface area contributed by atoms with Gasteiger partial charge in [0.2, 0.25) is 5.88 Å². The minimum Gasteiger partial charge on any atom is -0.470 e. The highest BCUT2D eigenvalue weighted by Crippen LogP contribution is 2.30. The first kappa shape index (κ1) is 22.1. The van der Waals surface area contributed by atoms with Crippen molar-refractivity contribution in [2.24, 2.45) is 0 Å². The number of aromatic nitrogens is 2. The van der Waals surface area contributed by atoms with Crippen molar-refractivity contribution >= 4 is 5.69 Å². The summed E-state index contributed by atoms with van der Waals surface area (Å²) >= 11 is 0. The van der Waals surface area contributed by atoms with Crippen LogP contribution in [-0.4, -0.2) is 35.9 Å². The zero-order valence-electron chi connectivity index (χ0n) is 18.1. The first-order valence-corrected chi connectivity index (χ1v) is 10.8. The maximum atomic E-state index is 8.83. The molecule has 166 valence electrons. The maximum absolute atomic E-state index is 8.83. The standard InChI is InChI=1S/C20H19N5O2.C6H6/c21-8-15-3-1-14(2-4-15)5-6-22-11-18-12-23-19-7-16(9-24-20(19)27-18)17-10-25-26-13-17;1-2-4-6-5-3-1/h1-4,7,9-10,13,18,22-23H,5-6,11-12H2;1-6H. The van der Waals surface area contributed by atoms with E-state index in [1.807, 2.05) is 66.7 Å². The Morgan fingerprint density at radius 2 is 1.79 bits per heavy atom. The number of hydrogen-bond donors (Lipinski definition) is 2. The van der Waals surface area contributed by atoms with Crippen LogP contribution in [0.2, 0.25) is 0 Å². The Morgan fingerprint density at radius 1 is 1.03 bits per heavy atom. The van der Waals surface area contributed by atoms with E-state index in [0.717, 1.165) is 36.3 Å². The molecule has 0 radical (unpaired) electrons. The summed E-state index contributed by atoms with van der Waals surface area (Å²) in [6.07, 6.45) is 5.94. The van der Waals surface area contributed by atoms with Gasteiger partial charge in [0.25, 0.3) is 0 Å². The van der Waals surface area contributed by atoms with Crippen molar-refractivity contribution in [1.82, 2.24) is 15.5 Å². The molecule has 5 rings (SSSR count). The molecule has 1 aliphatic heterocycles. The minimum absolute atomic E-state index is 0.0207. The number of nitrogens with zero attached hydrogens (tertiary/aromatic N) is 3. The average Bonchev–Trinajstić information content (AvgIpc) is 3.43. The maximum Gasteiger partial charge on any atom is 0.237 e. The third kappa shape index (κ3) is 6.42. The van der Waals surface area contributed by atoms with Crippen LogP contribution in [0.1, 0.15) is 11.1 Å². The van der Waals surface area contributed by atoms with E-state index < -0.39 is 0 Å². The van der Waals surface area contributed by atoms with Gasteiger partial charge in [0.05, 0.1) is 30.1 Å². The van der Waals surface area contributed by atoms with E-state index >= 15 is 0 Å². The predicted octanol–water partition coefficient (Wildman–Crippen LogP) is 4.30. The molecule has 0 amide bonds. The van der Waals surface area contributed by atoms with Crippen LogP contribution in [0.5, 0.6) is 5.88 Å². The Kier molecular flexibility index (Phi) is 7.66. The van der Waals surface area contributed by atoms with Gasteiger partial charge in [-0.15, -0.1) is 0 Å². The lowest BCUT2D eigenvalue weighted by Crippen LogP contribution is -2.40. The topological polar surface area (TPSA) is 96.0 Å². The summed E-state index contributed by atoms with van der Waals surface area (Å²) in [5.74, 6) is 0.611. The Bertz CT molecular complexity index is 1130. The number of rotatable bonds is 6.